The smallest absolute Gasteiger partial charge is 0.129 e. The molecule has 4 nitrogen and oxygen atoms in total. The first-order chi connectivity index (χ1) is 11.8. The summed E-state index contributed by atoms with van der Waals surface area (Å²) in [7, 11) is 0. The van der Waals surface area contributed by atoms with E-state index in [2.05, 4.69) is 11.1 Å². The Morgan fingerprint density at radius 1 is 0.833 bits per heavy atom. The molecule has 0 saturated carbocycles. The zero-order valence-corrected chi connectivity index (χ0v) is 12.8. The molecule has 0 unspecified atom stereocenters. The van der Waals surface area contributed by atoms with Gasteiger partial charge in [0.05, 0.1) is 17.1 Å². The van der Waals surface area contributed by atoms with Gasteiger partial charge in [0, 0.05) is 0 Å². The largest absolute Gasteiger partial charge is 0.384 e. The molecule has 2 aromatic carbocycles. The van der Waals surface area contributed by atoms with Gasteiger partial charge in [-0.1, -0.05) is 48.5 Å². The van der Waals surface area contributed by atoms with Crippen LogP contribution in [0.2, 0.25) is 0 Å². The number of hydrogen-bond donors (Lipinski definition) is 1. The van der Waals surface area contributed by atoms with Crippen molar-refractivity contribution in [1.82, 2.24) is 4.57 Å². The van der Waals surface area contributed by atoms with E-state index >= 15 is 0 Å². The third kappa shape index (κ3) is 2.11. The summed E-state index contributed by atoms with van der Waals surface area (Å²) >= 11 is 0. The predicted octanol–water partition coefficient (Wildman–Crippen LogP) is 3.94. The first kappa shape index (κ1) is 14.0. The van der Waals surface area contributed by atoms with Crippen LogP contribution in [-0.4, -0.2) is 10.3 Å². The maximum Gasteiger partial charge on any atom is 0.129 e. The number of para-hydroxylation sites is 1. The number of hydrogen-bond acceptors (Lipinski definition) is 3. The van der Waals surface area contributed by atoms with Crippen LogP contribution >= 0.6 is 0 Å². The van der Waals surface area contributed by atoms with Gasteiger partial charge in [-0.3, -0.25) is 4.57 Å². The van der Waals surface area contributed by atoms with Gasteiger partial charge in [-0.15, -0.1) is 0 Å². The van der Waals surface area contributed by atoms with E-state index in [4.69, 9.17) is 5.73 Å². The molecule has 0 spiro atoms. The number of nitriles is 1. The second-order valence-electron chi connectivity index (χ2n) is 5.47. The highest BCUT2D eigenvalue weighted by Gasteiger charge is 2.29. The Hall–Kier alpha value is -3.58. The summed E-state index contributed by atoms with van der Waals surface area (Å²) in [5.41, 5.74) is 10.9. The lowest BCUT2D eigenvalue weighted by Crippen LogP contribution is -2.06. The summed E-state index contributed by atoms with van der Waals surface area (Å²) in [5, 5.41) is 9.55. The molecule has 0 saturated heterocycles. The van der Waals surface area contributed by atoms with E-state index < -0.39 is 0 Å². The van der Waals surface area contributed by atoms with E-state index in [-0.39, 0.29) is 0 Å². The van der Waals surface area contributed by atoms with Crippen LogP contribution < -0.4 is 5.73 Å². The van der Waals surface area contributed by atoms with E-state index in [1.807, 2.05) is 77.4 Å². The molecule has 2 N–H and O–H groups in total. The van der Waals surface area contributed by atoms with Crippen molar-refractivity contribution in [2.24, 2.45) is 10.7 Å². The summed E-state index contributed by atoms with van der Waals surface area (Å²) in [6.07, 6.45) is 0. The van der Waals surface area contributed by atoms with E-state index in [1.54, 1.807) is 0 Å². The van der Waals surface area contributed by atoms with E-state index in [0.717, 1.165) is 22.6 Å². The number of nitrogens with zero attached hydrogens (tertiary/aromatic N) is 3. The van der Waals surface area contributed by atoms with Gasteiger partial charge in [0.2, 0.25) is 0 Å². The Balaban J connectivity index is 1.92. The van der Waals surface area contributed by atoms with Crippen molar-refractivity contribution in [3.05, 3.63) is 84.1 Å². The van der Waals surface area contributed by atoms with Crippen molar-refractivity contribution < 1.29 is 0 Å². The zero-order valence-electron chi connectivity index (χ0n) is 12.8. The van der Waals surface area contributed by atoms with Crippen molar-refractivity contribution in [1.29, 1.82) is 5.26 Å². The van der Waals surface area contributed by atoms with Crippen LogP contribution in [0.4, 0.5) is 5.69 Å². The first-order valence-corrected chi connectivity index (χ1v) is 7.61. The van der Waals surface area contributed by atoms with Crippen LogP contribution in [0.15, 0.2) is 83.4 Å². The fourth-order valence-corrected chi connectivity index (χ4v) is 2.93. The number of allylic oxidation sites excluding steroid dienone is 1. The van der Waals surface area contributed by atoms with Crippen molar-refractivity contribution in [2.75, 3.05) is 0 Å². The first-order valence-electron chi connectivity index (χ1n) is 7.61. The van der Waals surface area contributed by atoms with Crippen molar-refractivity contribution in [3.8, 4) is 17.3 Å². The third-order valence-corrected chi connectivity index (χ3v) is 4.04. The van der Waals surface area contributed by atoms with Gasteiger partial charge in [-0.2, -0.15) is 5.26 Å². The fraction of sp³-hybridized carbons (Fsp3) is 0. The van der Waals surface area contributed by atoms with Crippen LogP contribution in [0.5, 0.6) is 0 Å². The molecule has 0 atom stereocenters. The van der Waals surface area contributed by atoms with E-state index in [0.29, 0.717) is 17.1 Å². The molecule has 1 aliphatic rings. The molecule has 24 heavy (non-hydrogen) atoms. The average Bonchev–Trinajstić information content (AvgIpc) is 3.17. The predicted molar refractivity (Wildman–Crippen MR) is 95.5 cm³/mol. The van der Waals surface area contributed by atoms with Gasteiger partial charge in [-0.05, 0) is 29.8 Å². The Bertz CT molecular complexity index is 1000. The van der Waals surface area contributed by atoms with Gasteiger partial charge >= 0.3 is 0 Å². The quantitative estimate of drug-likeness (QED) is 0.779. The molecular weight excluding hydrogens is 296 g/mol. The topological polar surface area (TPSA) is 67.1 Å². The minimum Gasteiger partial charge on any atom is -0.384 e. The van der Waals surface area contributed by atoms with Crippen molar-refractivity contribution in [3.63, 3.8) is 0 Å². The monoisotopic (exact) mass is 310 g/mol. The van der Waals surface area contributed by atoms with Crippen LogP contribution in [0.3, 0.4) is 0 Å². The van der Waals surface area contributed by atoms with E-state index in [9.17, 15) is 5.26 Å². The average molecular weight is 310 g/mol. The normalized spacial score (nSPS) is 14.7. The van der Waals surface area contributed by atoms with Gasteiger partial charge in [0.15, 0.2) is 0 Å². The molecule has 1 aromatic heterocycles. The minimum absolute atomic E-state index is 0.409. The number of rotatable bonds is 2. The lowest BCUT2D eigenvalue weighted by atomic mass is 10.1. The molecule has 4 rings (SSSR count). The molecule has 0 fully saturated rings. The molecule has 2 heterocycles. The summed E-state index contributed by atoms with van der Waals surface area (Å²) in [6.45, 7) is 0. The Morgan fingerprint density at radius 3 is 2.12 bits per heavy atom. The molecule has 0 bridgehead atoms. The van der Waals surface area contributed by atoms with Crippen LogP contribution in [0.1, 0.15) is 5.69 Å². The Labute approximate surface area is 139 Å². The summed E-state index contributed by atoms with van der Waals surface area (Å²) in [4.78, 5) is 4.64. The second kappa shape index (κ2) is 5.56. The van der Waals surface area contributed by atoms with Crippen LogP contribution in [0, 0.1) is 11.3 Å². The van der Waals surface area contributed by atoms with E-state index in [1.165, 1.54) is 0 Å². The van der Waals surface area contributed by atoms with Gasteiger partial charge in [0.25, 0.3) is 0 Å². The van der Waals surface area contributed by atoms with Gasteiger partial charge in [0.1, 0.15) is 23.2 Å². The maximum atomic E-state index is 9.55. The van der Waals surface area contributed by atoms with Gasteiger partial charge < -0.3 is 5.73 Å². The molecule has 0 amide bonds. The minimum atomic E-state index is 0.409. The second-order valence-corrected chi connectivity index (χ2v) is 5.47. The molecule has 0 radical (unpaired) electrons. The zero-order chi connectivity index (χ0) is 16.5. The van der Waals surface area contributed by atoms with Gasteiger partial charge in [-0.25, -0.2) is 4.99 Å². The van der Waals surface area contributed by atoms with Crippen molar-refractivity contribution >= 4 is 17.2 Å². The lowest BCUT2D eigenvalue weighted by molar-refractivity contribution is 1.09. The lowest BCUT2D eigenvalue weighted by Gasteiger charge is -2.07. The fourth-order valence-electron chi connectivity index (χ4n) is 2.93. The van der Waals surface area contributed by atoms with Crippen LogP contribution in [0.25, 0.3) is 17.1 Å². The highest BCUT2D eigenvalue weighted by Crippen LogP contribution is 2.33. The summed E-state index contributed by atoms with van der Waals surface area (Å²) < 4.78 is 1.90. The number of aliphatic imine (C=N–C) groups is 1. The molecule has 0 aliphatic carbocycles. The number of fused-ring (bicyclic) bond motifs is 1. The third-order valence-electron chi connectivity index (χ3n) is 4.04. The maximum absolute atomic E-state index is 9.55. The molecule has 3 aromatic rings. The van der Waals surface area contributed by atoms with Crippen molar-refractivity contribution in [2.45, 2.75) is 0 Å². The molecular formula is C20H14N4. The molecule has 1 aliphatic heterocycles. The summed E-state index contributed by atoms with van der Waals surface area (Å²) in [5.74, 6) is 0.422. The SMILES string of the molecule is N#CC1=C(N)n2c(ccc2-c2ccccc2)C1=Nc1ccccc1. The number of aromatic nitrogens is 1. The van der Waals surface area contributed by atoms with Crippen LogP contribution in [-0.2, 0) is 0 Å². The highest BCUT2D eigenvalue weighted by atomic mass is 15.1. The number of benzene rings is 2. The highest BCUT2D eigenvalue weighted by molar-refractivity contribution is 6.22. The Morgan fingerprint density at radius 2 is 1.46 bits per heavy atom. The number of nitrogens with two attached hydrogens (primary N) is 1. The molecule has 4 heteroatoms. The Kier molecular flexibility index (Phi) is 3.25. The molecule has 114 valence electrons. The summed E-state index contributed by atoms with van der Waals surface area (Å²) in [6, 6.07) is 25.7. The standard InChI is InChI=1S/C20H14N4/c21-13-16-19(23-15-9-5-2-6-10-15)18-12-11-17(24(18)20(16)22)14-7-3-1-4-8-14/h1-12H,22H2.